The number of rotatable bonds is 7. The van der Waals surface area contributed by atoms with Crippen molar-refractivity contribution in [2.45, 2.75) is 63.2 Å². The Bertz CT molecular complexity index is 1100. The minimum atomic E-state index is -1.17. The highest BCUT2D eigenvalue weighted by Crippen LogP contribution is 2.44. The van der Waals surface area contributed by atoms with Crippen LogP contribution in [-0.4, -0.2) is 40.3 Å². The minimum absolute atomic E-state index is 0.131. The first kappa shape index (κ1) is 22.8. The highest BCUT2D eigenvalue weighted by Gasteiger charge is 2.49. The predicted molar refractivity (Wildman–Crippen MR) is 135 cm³/mol. The second kappa shape index (κ2) is 9.44. The van der Waals surface area contributed by atoms with Gasteiger partial charge in [0.25, 0.3) is 0 Å². The largest absolute Gasteiger partial charge is 0.484 e. The van der Waals surface area contributed by atoms with Gasteiger partial charge in [0.15, 0.2) is 17.5 Å². The van der Waals surface area contributed by atoms with Gasteiger partial charge in [-0.25, -0.2) is 4.98 Å². The number of quaternary nitrogens is 1. The average molecular weight is 474 g/mol. The van der Waals surface area contributed by atoms with Crippen LogP contribution in [0.1, 0.15) is 62.2 Å². The van der Waals surface area contributed by atoms with E-state index < -0.39 is 5.60 Å². The molecule has 1 N–H and O–H groups in total. The van der Waals surface area contributed by atoms with Gasteiger partial charge in [-0.2, -0.15) is 0 Å². The number of para-hydroxylation sites is 1. The van der Waals surface area contributed by atoms with E-state index in [1.807, 2.05) is 54.7 Å². The highest BCUT2D eigenvalue weighted by molar-refractivity contribution is 5.30. The molecule has 4 aliphatic rings. The molecule has 35 heavy (non-hydrogen) atoms. The molecule has 2 aromatic carbocycles. The Morgan fingerprint density at radius 2 is 1.60 bits per heavy atom. The number of hydrogen-bond acceptors (Lipinski definition) is 4. The third-order valence-electron chi connectivity index (χ3n) is 8.85. The van der Waals surface area contributed by atoms with Crippen LogP contribution in [0.2, 0.25) is 0 Å². The number of oxazole rings is 1. The summed E-state index contributed by atoms with van der Waals surface area (Å²) >= 11 is 0. The fourth-order valence-electron chi connectivity index (χ4n) is 6.88. The lowest BCUT2D eigenvalue weighted by molar-refractivity contribution is -0.958. The second-order valence-corrected chi connectivity index (χ2v) is 11.0. The first-order valence-corrected chi connectivity index (χ1v) is 13.4. The van der Waals surface area contributed by atoms with E-state index >= 15 is 0 Å². The van der Waals surface area contributed by atoms with Crippen molar-refractivity contribution >= 4 is 0 Å². The SMILES string of the molecule is O[C@@](c1ccccc1)(c1ncc(C[N+]23CCC(CC2)[C@H](Oc2ccccc2)C3)o1)C1CCCCC1. The van der Waals surface area contributed by atoms with Crippen molar-refractivity contribution in [1.82, 2.24) is 4.98 Å². The first-order valence-electron chi connectivity index (χ1n) is 13.4. The van der Waals surface area contributed by atoms with Crippen LogP contribution in [0.25, 0.3) is 0 Å². The molecule has 5 nitrogen and oxygen atoms in total. The molecule has 5 heteroatoms. The van der Waals surface area contributed by atoms with E-state index in [1.165, 1.54) is 19.3 Å². The molecule has 2 atom stereocenters. The lowest BCUT2D eigenvalue weighted by Gasteiger charge is -2.51. The van der Waals surface area contributed by atoms with E-state index in [2.05, 4.69) is 12.1 Å². The van der Waals surface area contributed by atoms with Gasteiger partial charge in [0.05, 0.1) is 19.3 Å². The standard InChI is InChI=1S/C30H37N2O3/c33-30(24-10-4-1-5-11-24,25-12-6-2-7-13-25)29-31-20-27(35-29)21-32-18-16-23(17-19-32)28(22-32)34-26-14-8-3-9-15-26/h1,3-5,8-11,14-15,20,23,25,28,33H,2,6-7,12-13,16-19,21-22H2/q+1/t23?,28-,30-,32?/m1/s1. The Morgan fingerprint density at radius 3 is 2.31 bits per heavy atom. The van der Waals surface area contributed by atoms with Crippen LogP contribution in [0, 0.1) is 11.8 Å². The number of hydrogen-bond donors (Lipinski definition) is 1. The summed E-state index contributed by atoms with van der Waals surface area (Å²) in [5.74, 6) is 3.07. The average Bonchev–Trinajstić information content (AvgIpc) is 3.39. The maximum Gasteiger partial charge on any atom is 0.231 e. The predicted octanol–water partition coefficient (Wildman–Crippen LogP) is 5.68. The van der Waals surface area contributed by atoms with Crippen molar-refractivity contribution < 1.29 is 18.7 Å². The lowest BCUT2D eigenvalue weighted by Crippen LogP contribution is -2.64. The molecule has 7 rings (SSSR count). The van der Waals surface area contributed by atoms with Crippen LogP contribution in [-0.2, 0) is 12.1 Å². The molecule has 0 unspecified atom stereocenters. The summed E-state index contributed by atoms with van der Waals surface area (Å²) in [6.07, 6.45) is 10.0. The molecule has 2 bridgehead atoms. The van der Waals surface area contributed by atoms with E-state index in [4.69, 9.17) is 14.1 Å². The highest BCUT2D eigenvalue weighted by atomic mass is 16.5. The number of aromatic nitrogens is 1. The van der Waals surface area contributed by atoms with Crippen LogP contribution < -0.4 is 4.74 Å². The molecular formula is C30H37N2O3+. The molecule has 184 valence electrons. The maximum absolute atomic E-state index is 12.2. The van der Waals surface area contributed by atoms with Crippen LogP contribution in [0.4, 0.5) is 0 Å². The Hall–Kier alpha value is -2.63. The Morgan fingerprint density at radius 1 is 0.914 bits per heavy atom. The molecule has 3 aliphatic heterocycles. The molecule has 1 saturated carbocycles. The number of piperidine rings is 3. The van der Waals surface area contributed by atoms with Crippen molar-refractivity contribution in [3.63, 3.8) is 0 Å². The zero-order chi connectivity index (χ0) is 23.7. The molecule has 1 aromatic heterocycles. The van der Waals surface area contributed by atoms with Gasteiger partial charge in [-0.1, -0.05) is 67.8 Å². The van der Waals surface area contributed by atoms with Gasteiger partial charge in [0, 0.05) is 24.7 Å². The van der Waals surface area contributed by atoms with E-state index in [9.17, 15) is 5.11 Å². The Kier molecular flexibility index (Phi) is 6.15. The molecule has 1 aliphatic carbocycles. The molecule has 0 spiro atoms. The molecular weight excluding hydrogens is 436 g/mol. The lowest BCUT2D eigenvalue weighted by atomic mass is 9.73. The van der Waals surface area contributed by atoms with Gasteiger partial charge < -0.3 is 18.7 Å². The molecule has 0 radical (unpaired) electrons. The Balaban J connectivity index is 1.24. The van der Waals surface area contributed by atoms with E-state index in [0.717, 1.165) is 73.4 Å². The fourth-order valence-corrected chi connectivity index (χ4v) is 6.88. The first-order chi connectivity index (χ1) is 17.1. The quantitative estimate of drug-likeness (QED) is 0.449. The van der Waals surface area contributed by atoms with Gasteiger partial charge >= 0.3 is 0 Å². The molecule has 0 amide bonds. The van der Waals surface area contributed by atoms with Crippen molar-refractivity contribution in [1.29, 1.82) is 0 Å². The van der Waals surface area contributed by atoms with E-state index in [1.54, 1.807) is 0 Å². The summed E-state index contributed by atoms with van der Waals surface area (Å²) in [7, 11) is 0. The second-order valence-electron chi connectivity index (χ2n) is 11.0. The molecule has 3 aromatic rings. The summed E-state index contributed by atoms with van der Waals surface area (Å²) in [6, 6.07) is 20.2. The van der Waals surface area contributed by atoms with Crippen LogP contribution >= 0.6 is 0 Å². The van der Waals surface area contributed by atoms with Gasteiger partial charge in [0.2, 0.25) is 5.89 Å². The van der Waals surface area contributed by atoms with Crippen LogP contribution in [0.3, 0.4) is 0 Å². The van der Waals surface area contributed by atoms with Crippen molar-refractivity contribution in [2.75, 3.05) is 19.6 Å². The molecule has 3 saturated heterocycles. The topological polar surface area (TPSA) is 55.5 Å². The zero-order valence-corrected chi connectivity index (χ0v) is 20.5. The smallest absolute Gasteiger partial charge is 0.231 e. The monoisotopic (exact) mass is 473 g/mol. The number of nitrogens with zero attached hydrogens (tertiary/aromatic N) is 2. The van der Waals surface area contributed by atoms with Crippen LogP contribution in [0.5, 0.6) is 5.75 Å². The van der Waals surface area contributed by atoms with Gasteiger partial charge in [-0.3, -0.25) is 0 Å². The summed E-state index contributed by atoms with van der Waals surface area (Å²) in [6.45, 7) is 4.12. The van der Waals surface area contributed by atoms with Gasteiger partial charge in [0.1, 0.15) is 18.8 Å². The number of ether oxygens (including phenoxy) is 1. The fraction of sp³-hybridized carbons (Fsp3) is 0.500. The third kappa shape index (κ3) is 4.41. The Labute approximate surface area is 208 Å². The number of aliphatic hydroxyl groups is 1. The third-order valence-corrected chi connectivity index (χ3v) is 8.85. The van der Waals surface area contributed by atoms with Crippen molar-refractivity contribution in [3.8, 4) is 5.75 Å². The minimum Gasteiger partial charge on any atom is -0.484 e. The van der Waals surface area contributed by atoms with Crippen LogP contribution in [0.15, 0.2) is 71.3 Å². The van der Waals surface area contributed by atoms with Crippen molar-refractivity contribution in [3.05, 3.63) is 84.1 Å². The summed E-state index contributed by atoms with van der Waals surface area (Å²) < 4.78 is 13.9. The van der Waals surface area contributed by atoms with Gasteiger partial charge in [-0.15, -0.1) is 0 Å². The van der Waals surface area contributed by atoms with Crippen molar-refractivity contribution in [2.24, 2.45) is 11.8 Å². The molecule has 4 heterocycles. The zero-order valence-electron chi connectivity index (χ0n) is 20.5. The normalized spacial score (nSPS) is 28.5. The number of fused-ring (bicyclic) bond motifs is 3. The van der Waals surface area contributed by atoms with E-state index in [0.29, 0.717) is 11.8 Å². The van der Waals surface area contributed by atoms with Gasteiger partial charge in [-0.05, 0) is 30.5 Å². The molecule has 4 fully saturated rings. The summed E-state index contributed by atoms with van der Waals surface area (Å²) in [4.78, 5) is 4.71. The number of benzene rings is 2. The summed E-state index contributed by atoms with van der Waals surface area (Å²) in [5, 5.41) is 12.2. The maximum atomic E-state index is 12.2. The summed E-state index contributed by atoms with van der Waals surface area (Å²) in [5.41, 5.74) is -0.282. The van der Waals surface area contributed by atoms with E-state index in [-0.39, 0.29) is 12.0 Å².